The molecule has 0 aliphatic rings. The van der Waals surface area contributed by atoms with Gasteiger partial charge in [0.2, 0.25) is 0 Å². The molecule has 0 amide bonds. The number of rotatable bonds is 0. The summed E-state index contributed by atoms with van der Waals surface area (Å²) in [4.78, 5) is 0. The largest absolute Gasteiger partial charge is 0.129 e. The molecule has 0 N–H and O–H groups in total. The predicted octanol–water partition coefficient (Wildman–Crippen LogP) is 3.99. The molecule has 0 aliphatic heterocycles. The minimum atomic E-state index is -1.24. The second kappa shape index (κ2) is 4.33. The van der Waals surface area contributed by atoms with E-state index in [-0.39, 0.29) is 0 Å². The highest BCUT2D eigenvalue weighted by Crippen LogP contribution is 2.16. The van der Waals surface area contributed by atoms with Gasteiger partial charge in [0.05, 0.1) is 0 Å². The van der Waals surface area contributed by atoms with Crippen molar-refractivity contribution in [1.82, 2.24) is 0 Å². The van der Waals surface area contributed by atoms with E-state index < -0.39 is 8.07 Å². The quantitative estimate of drug-likeness (QED) is 0.492. The van der Waals surface area contributed by atoms with Crippen LogP contribution in [0.25, 0.3) is 0 Å². The fourth-order valence-electron chi connectivity index (χ4n) is 0.982. The van der Waals surface area contributed by atoms with Crippen LogP contribution in [0.2, 0.25) is 19.6 Å². The number of hydrogen-bond acceptors (Lipinski definition) is 0. The lowest BCUT2D eigenvalue weighted by molar-refractivity contribution is 1.42. The normalized spacial score (nSPS) is 10.6. The first-order valence-electron chi connectivity index (χ1n) is 4.68. The highest BCUT2D eigenvalue weighted by atomic mass is 79.9. The molecule has 0 aliphatic carbocycles. The van der Waals surface area contributed by atoms with Gasteiger partial charge in [-0.15, -0.1) is 5.54 Å². The summed E-state index contributed by atoms with van der Waals surface area (Å²) in [6.07, 6.45) is 0. The Bertz CT molecular complexity index is 391. The zero-order valence-electron chi connectivity index (χ0n) is 9.11. The van der Waals surface area contributed by atoms with E-state index in [1.165, 1.54) is 5.56 Å². The van der Waals surface area contributed by atoms with Gasteiger partial charge in [0.1, 0.15) is 8.07 Å². The van der Waals surface area contributed by atoms with Crippen LogP contribution in [0.4, 0.5) is 0 Å². The van der Waals surface area contributed by atoms with E-state index in [0.717, 1.165) is 10.0 Å². The van der Waals surface area contributed by atoms with Crippen LogP contribution in [0, 0.1) is 18.4 Å². The molecular formula is C12H15BrSi. The van der Waals surface area contributed by atoms with Crippen LogP contribution in [0.1, 0.15) is 11.1 Å². The molecule has 0 saturated heterocycles. The Morgan fingerprint density at radius 3 is 2.36 bits per heavy atom. The first-order valence-corrected chi connectivity index (χ1v) is 8.97. The Morgan fingerprint density at radius 1 is 1.21 bits per heavy atom. The second-order valence-electron chi connectivity index (χ2n) is 4.46. The van der Waals surface area contributed by atoms with Gasteiger partial charge in [-0.25, -0.2) is 0 Å². The van der Waals surface area contributed by atoms with Crippen molar-refractivity contribution in [2.75, 3.05) is 0 Å². The van der Waals surface area contributed by atoms with E-state index in [0.29, 0.717) is 0 Å². The van der Waals surface area contributed by atoms with Crippen LogP contribution in [0.3, 0.4) is 0 Å². The Morgan fingerprint density at radius 2 is 1.86 bits per heavy atom. The molecule has 0 atom stereocenters. The number of benzene rings is 1. The Labute approximate surface area is 95.9 Å². The third kappa shape index (κ3) is 3.69. The van der Waals surface area contributed by atoms with Crippen LogP contribution in [-0.4, -0.2) is 8.07 Å². The van der Waals surface area contributed by atoms with Gasteiger partial charge in [-0.2, -0.15) is 0 Å². The van der Waals surface area contributed by atoms with E-state index >= 15 is 0 Å². The van der Waals surface area contributed by atoms with E-state index in [2.05, 4.69) is 72.2 Å². The highest BCUT2D eigenvalue weighted by Gasteiger charge is 2.07. The van der Waals surface area contributed by atoms with E-state index in [1.807, 2.05) is 0 Å². The molecule has 1 aromatic rings. The predicted molar refractivity (Wildman–Crippen MR) is 69.1 cm³/mol. The van der Waals surface area contributed by atoms with Gasteiger partial charge in [-0.1, -0.05) is 41.5 Å². The van der Waals surface area contributed by atoms with Crippen molar-refractivity contribution in [3.05, 3.63) is 33.8 Å². The summed E-state index contributed by atoms with van der Waals surface area (Å²) in [7, 11) is -1.24. The Balaban J connectivity index is 2.98. The summed E-state index contributed by atoms with van der Waals surface area (Å²) < 4.78 is 1.15. The van der Waals surface area contributed by atoms with Crippen molar-refractivity contribution in [2.24, 2.45) is 0 Å². The molecule has 1 aromatic carbocycles. The van der Waals surface area contributed by atoms with Crippen LogP contribution < -0.4 is 0 Å². The van der Waals surface area contributed by atoms with Gasteiger partial charge in [0.15, 0.2) is 0 Å². The van der Waals surface area contributed by atoms with Gasteiger partial charge in [0, 0.05) is 10.0 Å². The number of hydrogen-bond donors (Lipinski definition) is 0. The van der Waals surface area contributed by atoms with Crippen LogP contribution in [0.5, 0.6) is 0 Å². The number of halogens is 1. The van der Waals surface area contributed by atoms with Crippen molar-refractivity contribution in [1.29, 1.82) is 0 Å². The average molecular weight is 267 g/mol. The lowest BCUT2D eigenvalue weighted by atomic mass is 10.1. The van der Waals surface area contributed by atoms with Crippen molar-refractivity contribution in [3.8, 4) is 11.5 Å². The zero-order valence-corrected chi connectivity index (χ0v) is 11.7. The molecule has 1 rings (SSSR count). The monoisotopic (exact) mass is 266 g/mol. The SMILES string of the molecule is Cc1cc(C#C[Si](C)(C)C)ccc1Br. The molecule has 14 heavy (non-hydrogen) atoms. The summed E-state index contributed by atoms with van der Waals surface area (Å²) >= 11 is 3.48. The molecule has 2 heteroatoms. The molecule has 74 valence electrons. The first kappa shape index (κ1) is 11.6. The molecule has 0 heterocycles. The van der Waals surface area contributed by atoms with Crippen LogP contribution in [-0.2, 0) is 0 Å². The molecule has 0 spiro atoms. The van der Waals surface area contributed by atoms with Crippen molar-refractivity contribution in [3.63, 3.8) is 0 Å². The molecular weight excluding hydrogens is 252 g/mol. The topological polar surface area (TPSA) is 0 Å². The smallest absolute Gasteiger partial charge is 0.127 e. The summed E-state index contributed by atoms with van der Waals surface area (Å²) in [6, 6.07) is 6.24. The van der Waals surface area contributed by atoms with E-state index in [4.69, 9.17) is 0 Å². The second-order valence-corrected chi connectivity index (χ2v) is 10.1. The van der Waals surface area contributed by atoms with Crippen molar-refractivity contribution >= 4 is 24.0 Å². The average Bonchev–Trinajstić information content (AvgIpc) is 2.06. The third-order valence-corrected chi connectivity index (χ3v) is 3.50. The van der Waals surface area contributed by atoms with Crippen molar-refractivity contribution in [2.45, 2.75) is 26.6 Å². The molecule has 0 bridgehead atoms. The molecule has 0 unspecified atom stereocenters. The zero-order chi connectivity index (χ0) is 10.8. The summed E-state index contributed by atoms with van der Waals surface area (Å²) in [5.41, 5.74) is 5.72. The molecule has 0 radical (unpaired) electrons. The molecule has 0 saturated carbocycles. The molecule has 0 nitrogen and oxygen atoms in total. The molecule has 0 aromatic heterocycles. The van der Waals surface area contributed by atoms with E-state index in [9.17, 15) is 0 Å². The third-order valence-electron chi connectivity index (χ3n) is 1.74. The van der Waals surface area contributed by atoms with Crippen LogP contribution >= 0.6 is 15.9 Å². The van der Waals surface area contributed by atoms with Gasteiger partial charge in [0.25, 0.3) is 0 Å². The van der Waals surface area contributed by atoms with Gasteiger partial charge < -0.3 is 0 Å². The maximum absolute atomic E-state index is 3.48. The highest BCUT2D eigenvalue weighted by molar-refractivity contribution is 9.10. The standard InChI is InChI=1S/C12H15BrSi/c1-10-9-11(5-6-12(10)13)7-8-14(2,3)4/h5-6,9H,1-4H3. The summed E-state index contributed by atoms with van der Waals surface area (Å²) in [5.74, 6) is 3.24. The van der Waals surface area contributed by atoms with Crippen molar-refractivity contribution < 1.29 is 0 Å². The first-order chi connectivity index (χ1) is 6.38. The minimum absolute atomic E-state index is 1.12. The number of aryl methyl sites for hydroxylation is 1. The Hall–Kier alpha value is -0.523. The van der Waals surface area contributed by atoms with E-state index in [1.54, 1.807) is 0 Å². The van der Waals surface area contributed by atoms with Gasteiger partial charge in [-0.3, -0.25) is 0 Å². The Kier molecular flexibility index (Phi) is 3.57. The maximum atomic E-state index is 3.48. The summed E-state index contributed by atoms with van der Waals surface area (Å²) in [6.45, 7) is 8.85. The lowest BCUT2D eigenvalue weighted by Gasteiger charge is -2.03. The fraction of sp³-hybridized carbons (Fsp3) is 0.333. The lowest BCUT2D eigenvalue weighted by Crippen LogP contribution is -2.16. The maximum Gasteiger partial charge on any atom is 0.129 e. The minimum Gasteiger partial charge on any atom is -0.127 e. The van der Waals surface area contributed by atoms with Crippen LogP contribution in [0.15, 0.2) is 22.7 Å². The van der Waals surface area contributed by atoms with Gasteiger partial charge in [-0.05, 0) is 30.7 Å². The van der Waals surface area contributed by atoms with Gasteiger partial charge >= 0.3 is 0 Å². The fourth-order valence-corrected chi connectivity index (χ4v) is 1.75. The molecule has 0 fully saturated rings. The summed E-state index contributed by atoms with van der Waals surface area (Å²) in [5, 5.41) is 0.